The fraction of sp³-hybridized carbons (Fsp3) is 0.100. The number of aliphatic hydroxyl groups excluding tert-OH is 1. The van der Waals surface area contributed by atoms with E-state index >= 15 is 0 Å². The largest absolute Gasteiger partial charge is 0.507 e. The van der Waals surface area contributed by atoms with Gasteiger partial charge < -0.3 is 14.6 Å². The lowest BCUT2D eigenvalue weighted by atomic mass is 9.84. The first-order valence-corrected chi connectivity index (χ1v) is 11.4. The number of hydrogen-bond acceptors (Lipinski definition) is 4. The van der Waals surface area contributed by atoms with Gasteiger partial charge in [0, 0.05) is 5.92 Å². The zero-order valence-corrected chi connectivity index (χ0v) is 19.0. The lowest BCUT2D eigenvalue weighted by molar-refractivity contribution is 0.161. The molecule has 0 aliphatic heterocycles. The summed E-state index contributed by atoms with van der Waals surface area (Å²) < 4.78 is 5.53. The topological polar surface area (TPSA) is 70.7 Å². The molecule has 35 heavy (non-hydrogen) atoms. The lowest BCUT2D eigenvalue weighted by Crippen LogP contribution is -2.17. The van der Waals surface area contributed by atoms with Gasteiger partial charge in [-0.05, 0) is 40.8 Å². The standard InChI is InChI=1S/C30H23BO4/c31-23-16-14-20(15-17-23)19-10-12-22(13-11-19)26(32)18-25(21-6-2-1-3-7-21)28-29(33)24-8-4-5-9-27(24)35-30(28)34/h1-17,25-26,32-33H,18H2. The number of para-hydroxylation sites is 1. The molecule has 0 amide bonds. The molecule has 0 saturated carbocycles. The van der Waals surface area contributed by atoms with Crippen molar-refractivity contribution in [2.45, 2.75) is 18.4 Å². The quantitative estimate of drug-likeness (QED) is 0.271. The Bertz CT molecular complexity index is 1510. The average molecular weight is 458 g/mol. The van der Waals surface area contributed by atoms with Gasteiger partial charge in [-0.3, -0.25) is 0 Å². The Labute approximate surface area is 204 Å². The maximum atomic E-state index is 13.0. The van der Waals surface area contributed by atoms with E-state index in [1.54, 1.807) is 24.3 Å². The first-order chi connectivity index (χ1) is 17.0. The predicted octanol–water partition coefficient (Wildman–Crippen LogP) is 5.22. The molecule has 0 bridgehead atoms. The molecular formula is C30H23BO4. The van der Waals surface area contributed by atoms with Crippen molar-refractivity contribution in [1.82, 2.24) is 0 Å². The Kier molecular flexibility index (Phi) is 6.26. The summed E-state index contributed by atoms with van der Waals surface area (Å²) in [7, 11) is 5.78. The minimum absolute atomic E-state index is 0.114. The number of benzene rings is 4. The van der Waals surface area contributed by atoms with Gasteiger partial charge in [0.2, 0.25) is 0 Å². The number of aromatic hydroxyl groups is 1. The molecule has 2 N–H and O–H groups in total. The Balaban J connectivity index is 1.50. The van der Waals surface area contributed by atoms with Crippen LogP contribution in [0.4, 0.5) is 0 Å². The maximum absolute atomic E-state index is 13.0. The zero-order chi connectivity index (χ0) is 24.4. The number of aliphatic hydroxyl groups is 1. The summed E-state index contributed by atoms with van der Waals surface area (Å²) in [6, 6.07) is 31.5. The molecule has 2 atom stereocenters. The summed E-state index contributed by atoms with van der Waals surface area (Å²) >= 11 is 0. The summed E-state index contributed by atoms with van der Waals surface area (Å²) in [5.74, 6) is -0.680. The van der Waals surface area contributed by atoms with Crippen LogP contribution in [-0.2, 0) is 0 Å². The average Bonchev–Trinajstić information content (AvgIpc) is 2.89. The predicted molar refractivity (Wildman–Crippen MR) is 139 cm³/mol. The molecule has 0 aliphatic carbocycles. The zero-order valence-electron chi connectivity index (χ0n) is 19.0. The minimum atomic E-state index is -0.869. The van der Waals surface area contributed by atoms with Crippen molar-refractivity contribution in [1.29, 1.82) is 0 Å². The minimum Gasteiger partial charge on any atom is -0.507 e. The molecule has 5 aromatic rings. The third-order valence-corrected chi connectivity index (χ3v) is 6.37. The van der Waals surface area contributed by atoms with E-state index in [9.17, 15) is 15.0 Å². The van der Waals surface area contributed by atoms with Crippen LogP contribution in [0, 0.1) is 0 Å². The second-order valence-corrected chi connectivity index (χ2v) is 8.61. The van der Waals surface area contributed by atoms with Gasteiger partial charge in [-0.15, -0.1) is 0 Å². The SMILES string of the molecule is [B]c1ccc(-c2ccc(C(O)CC(c3ccccc3)c3c(O)c4ccccc4oc3=O)cc2)cc1. The van der Waals surface area contributed by atoms with Crippen molar-refractivity contribution >= 4 is 24.3 Å². The Morgan fingerprint density at radius 1 is 0.743 bits per heavy atom. The van der Waals surface area contributed by atoms with E-state index in [4.69, 9.17) is 12.3 Å². The second kappa shape index (κ2) is 9.65. The monoisotopic (exact) mass is 458 g/mol. The highest BCUT2D eigenvalue weighted by Crippen LogP contribution is 2.39. The van der Waals surface area contributed by atoms with E-state index < -0.39 is 17.6 Å². The molecule has 1 heterocycles. The normalized spacial score (nSPS) is 12.9. The van der Waals surface area contributed by atoms with Gasteiger partial charge in [0.05, 0.1) is 17.1 Å². The highest BCUT2D eigenvalue weighted by Gasteiger charge is 2.27. The number of hydrogen-bond donors (Lipinski definition) is 2. The molecule has 0 saturated heterocycles. The highest BCUT2D eigenvalue weighted by atomic mass is 16.4. The Morgan fingerprint density at radius 3 is 2.03 bits per heavy atom. The van der Waals surface area contributed by atoms with Crippen LogP contribution >= 0.6 is 0 Å². The molecule has 0 aliphatic rings. The van der Waals surface area contributed by atoms with E-state index in [1.165, 1.54) is 0 Å². The second-order valence-electron chi connectivity index (χ2n) is 8.61. The van der Waals surface area contributed by atoms with E-state index in [1.807, 2.05) is 78.9 Å². The summed E-state index contributed by atoms with van der Waals surface area (Å²) in [6.07, 6.45) is -0.673. The van der Waals surface area contributed by atoms with E-state index in [0.717, 1.165) is 22.3 Å². The molecule has 170 valence electrons. The Hall–Kier alpha value is -4.09. The van der Waals surface area contributed by atoms with E-state index in [-0.39, 0.29) is 17.7 Å². The van der Waals surface area contributed by atoms with Gasteiger partial charge in [-0.1, -0.05) is 96.5 Å². The van der Waals surface area contributed by atoms with Gasteiger partial charge in [0.15, 0.2) is 0 Å². The van der Waals surface area contributed by atoms with Crippen molar-refractivity contribution in [2.75, 3.05) is 0 Å². The fourth-order valence-corrected chi connectivity index (χ4v) is 4.49. The first-order valence-electron chi connectivity index (χ1n) is 11.4. The Morgan fingerprint density at radius 2 is 1.34 bits per heavy atom. The molecule has 2 unspecified atom stereocenters. The van der Waals surface area contributed by atoms with Crippen molar-refractivity contribution in [3.63, 3.8) is 0 Å². The van der Waals surface area contributed by atoms with Crippen LogP contribution in [-0.4, -0.2) is 18.1 Å². The third-order valence-electron chi connectivity index (χ3n) is 6.37. The maximum Gasteiger partial charge on any atom is 0.343 e. The summed E-state index contributed by atoms with van der Waals surface area (Å²) in [4.78, 5) is 13.0. The smallest absolute Gasteiger partial charge is 0.343 e. The molecule has 4 nitrogen and oxygen atoms in total. The summed E-state index contributed by atoms with van der Waals surface area (Å²) in [5, 5.41) is 22.7. The third kappa shape index (κ3) is 4.64. The lowest BCUT2D eigenvalue weighted by Gasteiger charge is -2.22. The highest BCUT2D eigenvalue weighted by molar-refractivity contribution is 6.32. The molecule has 0 spiro atoms. The van der Waals surface area contributed by atoms with Crippen LogP contribution < -0.4 is 11.1 Å². The van der Waals surface area contributed by atoms with E-state index in [2.05, 4.69) is 0 Å². The summed E-state index contributed by atoms with van der Waals surface area (Å²) in [5.41, 5.74) is 4.12. The molecule has 5 rings (SSSR count). The van der Waals surface area contributed by atoms with Crippen molar-refractivity contribution in [2.24, 2.45) is 0 Å². The summed E-state index contributed by atoms with van der Waals surface area (Å²) in [6.45, 7) is 0. The van der Waals surface area contributed by atoms with E-state index in [0.29, 0.717) is 16.4 Å². The van der Waals surface area contributed by atoms with Gasteiger partial charge >= 0.3 is 5.63 Å². The van der Waals surface area contributed by atoms with Crippen molar-refractivity contribution in [3.8, 4) is 16.9 Å². The molecular weight excluding hydrogens is 435 g/mol. The molecule has 4 aromatic carbocycles. The van der Waals surface area contributed by atoms with Crippen molar-refractivity contribution in [3.05, 3.63) is 130 Å². The molecule has 2 radical (unpaired) electrons. The fourth-order valence-electron chi connectivity index (χ4n) is 4.49. The van der Waals surface area contributed by atoms with Gasteiger partial charge in [-0.2, -0.15) is 0 Å². The van der Waals surface area contributed by atoms with Crippen LogP contribution in [0.1, 0.15) is 35.1 Å². The van der Waals surface area contributed by atoms with Crippen LogP contribution in [0.3, 0.4) is 0 Å². The van der Waals surface area contributed by atoms with Crippen LogP contribution in [0.15, 0.2) is 112 Å². The van der Waals surface area contributed by atoms with Gasteiger partial charge in [-0.25, -0.2) is 4.79 Å². The van der Waals surface area contributed by atoms with Crippen molar-refractivity contribution < 1.29 is 14.6 Å². The molecule has 1 aromatic heterocycles. The number of rotatable bonds is 6. The van der Waals surface area contributed by atoms with Crippen LogP contribution in [0.5, 0.6) is 5.75 Å². The first kappa shape index (κ1) is 22.7. The van der Waals surface area contributed by atoms with Gasteiger partial charge in [0.25, 0.3) is 0 Å². The number of fused-ring (bicyclic) bond motifs is 1. The molecule has 0 fully saturated rings. The van der Waals surface area contributed by atoms with Crippen LogP contribution in [0.2, 0.25) is 0 Å². The van der Waals surface area contributed by atoms with Gasteiger partial charge in [0.1, 0.15) is 19.2 Å². The van der Waals surface area contributed by atoms with Crippen LogP contribution in [0.25, 0.3) is 22.1 Å². The molecule has 5 heteroatoms.